The zero-order valence-corrected chi connectivity index (χ0v) is 13.3. The van der Waals surface area contributed by atoms with Gasteiger partial charge in [-0.05, 0) is 12.0 Å². The first-order valence-electron chi connectivity index (χ1n) is 7.76. The van der Waals surface area contributed by atoms with Gasteiger partial charge < -0.3 is 14.8 Å². The largest absolute Gasteiger partial charge is 0.355 e. The van der Waals surface area contributed by atoms with Gasteiger partial charge in [0.1, 0.15) is 12.1 Å². The van der Waals surface area contributed by atoms with Crippen molar-refractivity contribution in [2.75, 3.05) is 36.0 Å². The molecule has 2 aromatic heterocycles. The molecule has 6 nitrogen and oxygen atoms in total. The Morgan fingerprint density at radius 1 is 1.13 bits per heavy atom. The highest BCUT2D eigenvalue weighted by Crippen LogP contribution is 2.24. The average molecular weight is 317 g/mol. The third-order valence-electron chi connectivity index (χ3n) is 4.02. The van der Waals surface area contributed by atoms with E-state index in [1.54, 1.807) is 6.07 Å². The summed E-state index contributed by atoms with van der Waals surface area (Å²) in [4.78, 5) is 26.4. The molecule has 0 saturated carbocycles. The number of pyridine rings is 1. The van der Waals surface area contributed by atoms with Crippen molar-refractivity contribution in [2.45, 2.75) is 19.8 Å². The van der Waals surface area contributed by atoms with Gasteiger partial charge in [0.05, 0.1) is 5.69 Å². The number of nitrogens with one attached hydrogen (secondary N) is 1. The Labute approximate surface area is 134 Å². The zero-order valence-electron chi connectivity index (χ0n) is 13.3. The smallest absolute Gasteiger partial charge is 0.249 e. The molecule has 0 spiro atoms. The van der Waals surface area contributed by atoms with Crippen LogP contribution in [0.1, 0.15) is 25.5 Å². The van der Waals surface area contributed by atoms with Gasteiger partial charge in [-0.1, -0.05) is 19.9 Å². The lowest BCUT2D eigenvalue weighted by molar-refractivity contribution is 0.556. The van der Waals surface area contributed by atoms with Crippen molar-refractivity contribution in [1.82, 2.24) is 15.0 Å². The fraction of sp³-hybridized carbons (Fsp3) is 0.438. The second-order valence-electron chi connectivity index (χ2n) is 5.93. The summed E-state index contributed by atoms with van der Waals surface area (Å²) in [5.74, 6) is 0.851. The van der Waals surface area contributed by atoms with E-state index in [-0.39, 0.29) is 17.3 Å². The quantitative estimate of drug-likeness (QED) is 0.934. The number of nitrogens with zero attached hydrogens (tertiary/aromatic N) is 4. The standard InChI is InChI=1S/C16H20FN5O/c1-11(2)15-14(17)16(19-10-18-15)22-8-6-21(7-9-22)12-4-3-5-13(23)20-12/h3-5,10-11H,6-9H2,1-2H3,(H,20,23). The Balaban J connectivity index is 1.75. The van der Waals surface area contributed by atoms with Gasteiger partial charge in [0.15, 0.2) is 11.6 Å². The molecule has 1 aliphatic heterocycles. The second kappa shape index (κ2) is 6.36. The minimum Gasteiger partial charge on any atom is -0.355 e. The molecule has 7 heteroatoms. The molecule has 1 aliphatic rings. The molecule has 0 radical (unpaired) electrons. The van der Waals surface area contributed by atoms with Crippen LogP contribution in [-0.4, -0.2) is 41.1 Å². The Hall–Kier alpha value is -2.44. The molecule has 2 aromatic rings. The van der Waals surface area contributed by atoms with Crippen molar-refractivity contribution in [2.24, 2.45) is 0 Å². The van der Waals surface area contributed by atoms with E-state index in [0.29, 0.717) is 37.7 Å². The summed E-state index contributed by atoms with van der Waals surface area (Å²) >= 11 is 0. The molecule has 1 fully saturated rings. The van der Waals surface area contributed by atoms with Gasteiger partial charge in [0.2, 0.25) is 5.56 Å². The fourth-order valence-corrected chi connectivity index (χ4v) is 2.78. The third-order valence-corrected chi connectivity index (χ3v) is 4.02. The summed E-state index contributed by atoms with van der Waals surface area (Å²) in [6.45, 7) is 6.50. The van der Waals surface area contributed by atoms with E-state index >= 15 is 0 Å². The van der Waals surface area contributed by atoms with Crippen LogP contribution in [0.3, 0.4) is 0 Å². The maximum Gasteiger partial charge on any atom is 0.249 e. The number of rotatable bonds is 3. The minimum absolute atomic E-state index is 0.0208. The number of anilines is 2. The number of H-pyrrole nitrogens is 1. The summed E-state index contributed by atoms with van der Waals surface area (Å²) in [5.41, 5.74) is 0.332. The van der Waals surface area contributed by atoms with Gasteiger partial charge in [-0.2, -0.15) is 0 Å². The molecule has 1 saturated heterocycles. The van der Waals surface area contributed by atoms with Gasteiger partial charge in [0.25, 0.3) is 0 Å². The van der Waals surface area contributed by atoms with Crippen molar-refractivity contribution in [3.05, 3.63) is 46.4 Å². The molecular formula is C16H20FN5O. The molecule has 3 heterocycles. The van der Waals surface area contributed by atoms with Crippen LogP contribution in [0.5, 0.6) is 0 Å². The van der Waals surface area contributed by atoms with Crippen LogP contribution < -0.4 is 15.4 Å². The molecule has 1 N–H and O–H groups in total. The topological polar surface area (TPSA) is 65.1 Å². The lowest BCUT2D eigenvalue weighted by atomic mass is 10.1. The van der Waals surface area contributed by atoms with Crippen molar-refractivity contribution in [1.29, 1.82) is 0 Å². The van der Waals surface area contributed by atoms with Crippen LogP contribution in [-0.2, 0) is 0 Å². The van der Waals surface area contributed by atoms with E-state index in [9.17, 15) is 9.18 Å². The van der Waals surface area contributed by atoms with Crippen LogP contribution in [0.4, 0.5) is 16.0 Å². The Kier molecular flexibility index (Phi) is 4.27. The SMILES string of the molecule is CC(C)c1ncnc(N2CCN(c3cccc(=O)[nH]3)CC2)c1F. The maximum atomic E-state index is 14.6. The highest BCUT2D eigenvalue weighted by atomic mass is 19.1. The van der Waals surface area contributed by atoms with Crippen molar-refractivity contribution in [3.63, 3.8) is 0 Å². The van der Waals surface area contributed by atoms with Gasteiger partial charge in [-0.3, -0.25) is 4.79 Å². The van der Waals surface area contributed by atoms with Crippen LogP contribution >= 0.6 is 0 Å². The monoisotopic (exact) mass is 317 g/mol. The fourth-order valence-electron chi connectivity index (χ4n) is 2.78. The number of aromatic nitrogens is 3. The maximum absolute atomic E-state index is 14.6. The van der Waals surface area contributed by atoms with Crippen molar-refractivity contribution < 1.29 is 4.39 Å². The zero-order chi connectivity index (χ0) is 16.4. The highest BCUT2D eigenvalue weighted by molar-refractivity contribution is 5.46. The van der Waals surface area contributed by atoms with Crippen LogP contribution in [0, 0.1) is 5.82 Å². The molecule has 0 amide bonds. The molecule has 0 aromatic carbocycles. The first-order chi connectivity index (χ1) is 11.1. The molecule has 0 unspecified atom stereocenters. The summed E-state index contributed by atoms with van der Waals surface area (Å²) < 4.78 is 14.6. The summed E-state index contributed by atoms with van der Waals surface area (Å²) in [6, 6.07) is 5.10. The Morgan fingerprint density at radius 3 is 2.48 bits per heavy atom. The van der Waals surface area contributed by atoms with E-state index in [1.165, 1.54) is 12.4 Å². The number of aromatic amines is 1. The lowest BCUT2D eigenvalue weighted by Crippen LogP contribution is -2.47. The molecule has 122 valence electrons. The van der Waals surface area contributed by atoms with E-state index in [4.69, 9.17) is 0 Å². The molecule has 3 rings (SSSR count). The van der Waals surface area contributed by atoms with Gasteiger partial charge in [-0.15, -0.1) is 0 Å². The molecule has 0 bridgehead atoms. The highest BCUT2D eigenvalue weighted by Gasteiger charge is 2.23. The van der Waals surface area contributed by atoms with E-state index < -0.39 is 0 Å². The third kappa shape index (κ3) is 3.18. The van der Waals surface area contributed by atoms with Crippen LogP contribution in [0.2, 0.25) is 0 Å². The predicted molar refractivity (Wildman–Crippen MR) is 87.6 cm³/mol. The predicted octanol–water partition coefficient (Wildman–Crippen LogP) is 1.75. The summed E-state index contributed by atoms with van der Waals surface area (Å²) in [6.07, 6.45) is 1.43. The first kappa shape index (κ1) is 15.5. The number of halogens is 1. The van der Waals surface area contributed by atoms with E-state index in [2.05, 4.69) is 19.9 Å². The Bertz CT molecular complexity index is 737. The summed E-state index contributed by atoms with van der Waals surface area (Å²) in [5, 5.41) is 0. The average Bonchev–Trinajstić information content (AvgIpc) is 2.55. The molecular weight excluding hydrogens is 297 g/mol. The van der Waals surface area contributed by atoms with E-state index in [1.807, 2.05) is 24.8 Å². The van der Waals surface area contributed by atoms with Crippen LogP contribution in [0.15, 0.2) is 29.3 Å². The lowest BCUT2D eigenvalue weighted by Gasteiger charge is -2.36. The van der Waals surface area contributed by atoms with Gasteiger partial charge in [-0.25, -0.2) is 14.4 Å². The van der Waals surface area contributed by atoms with Gasteiger partial charge in [0, 0.05) is 32.2 Å². The number of hydrogen-bond acceptors (Lipinski definition) is 5. The van der Waals surface area contributed by atoms with E-state index in [0.717, 1.165) is 5.82 Å². The Morgan fingerprint density at radius 2 is 1.83 bits per heavy atom. The summed E-state index contributed by atoms with van der Waals surface area (Å²) in [7, 11) is 0. The van der Waals surface area contributed by atoms with Gasteiger partial charge >= 0.3 is 0 Å². The molecule has 0 aliphatic carbocycles. The number of piperazine rings is 1. The van der Waals surface area contributed by atoms with Crippen molar-refractivity contribution in [3.8, 4) is 0 Å². The minimum atomic E-state index is -0.330. The first-order valence-corrected chi connectivity index (χ1v) is 7.76. The normalized spacial score (nSPS) is 15.3. The number of hydrogen-bond donors (Lipinski definition) is 1. The van der Waals surface area contributed by atoms with Crippen LogP contribution in [0.25, 0.3) is 0 Å². The second-order valence-corrected chi connectivity index (χ2v) is 5.93. The van der Waals surface area contributed by atoms with Crippen molar-refractivity contribution >= 4 is 11.6 Å². The molecule has 0 atom stereocenters. The molecule has 23 heavy (non-hydrogen) atoms.